The number of rotatable bonds is 7. The highest BCUT2D eigenvalue weighted by Crippen LogP contribution is 2.29. The van der Waals surface area contributed by atoms with E-state index in [1.165, 1.54) is 12.8 Å². The maximum Gasteiger partial charge on any atom is 0.251 e. The molecule has 0 unspecified atom stereocenters. The first-order valence-corrected chi connectivity index (χ1v) is 12.1. The monoisotopic (exact) mass is 440 g/mol. The average molecular weight is 441 g/mol. The lowest BCUT2D eigenvalue weighted by Gasteiger charge is -2.29. The third-order valence-corrected chi connectivity index (χ3v) is 6.55. The second kappa shape index (κ2) is 9.57. The minimum Gasteiger partial charge on any atom is -0.378 e. The van der Waals surface area contributed by atoms with Crippen molar-refractivity contribution in [2.75, 3.05) is 37.7 Å². The highest BCUT2D eigenvalue weighted by Gasteiger charge is 2.22. The van der Waals surface area contributed by atoms with Crippen LogP contribution < -0.4 is 10.2 Å². The summed E-state index contributed by atoms with van der Waals surface area (Å²) in [5, 5.41) is 3.81. The molecule has 7 heteroatoms. The molecule has 2 aromatic rings. The molecule has 2 heterocycles. The molecule has 6 nitrogen and oxygen atoms in total. The zero-order valence-electron chi connectivity index (χ0n) is 18.7. The fourth-order valence-corrected chi connectivity index (χ4v) is 4.19. The summed E-state index contributed by atoms with van der Waals surface area (Å²) in [5.41, 5.74) is 2.87. The number of nitrogens with zero attached hydrogens (tertiary/aromatic N) is 3. The number of carbonyl (C=O) groups is 1. The van der Waals surface area contributed by atoms with Crippen LogP contribution in [0, 0.1) is 5.92 Å². The molecule has 4 rings (SSSR count). The number of morpholine rings is 1. The van der Waals surface area contributed by atoms with Crippen LogP contribution in [0.1, 0.15) is 55.2 Å². The van der Waals surface area contributed by atoms with Crippen LogP contribution in [0.5, 0.6) is 0 Å². The topological polar surface area (TPSA) is 67.3 Å². The molecule has 1 N–H and O–H groups in total. The molecule has 0 spiro atoms. The number of hydrogen-bond donors (Lipinski definition) is 1. The highest BCUT2D eigenvalue weighted by atomic mass is 32.2. The molecular weight excluding hydrogens is 408 g/mol. The van der Waals surface area contributed by atoms with E-state index in [1.807, 2.05) is 24.3 Å². The van der Waals surface area contributed by atoms with Gasteiger partial charge in [0.25, 0.3) is 5.91 Å². The Kier molecular flexibility index (Phi) is 6.82. The summed E-state index contributed by atoms with van der Waals surface area (Å²) in [7, 11) is 0. The van der Waals surface area contributed by atoms with Crippen molar-refractivity contribution in [3.8, 4) is 0 Å². The summed E-state index contributed by atoms with van der Waals surface area (Å²) in [5.74, 6) is 2.45. The quantitative estimate of drug-likeness (QED) is 0.518. The summed E-state index contributed by atoms with van der Waals surface area (Å²) in [4.78, 5) is 24.2. The normalized spacial score (nSPS) is 16.9. The predicted molar refractivity (Wildman–Crippen MR) is 125 cm³/mol. The van der Waals surface area contributed by atoms with Crippen LogP contribution in [0.4, 0.5) is 5.82 Å². The molecule has 1 aromatic heterocycles. The van der Waals surface area contributed by atoms with Gasteiger partial charge in [0.1, 0.15) is 5.82 Å². The number of hydrogen-bond acceptors (Lipinski definition) is 6. The van der Waals surface area contributed by atoms with E-state index in [9.17, 15) is 4.79 Å². The van der Waals surface area contributed by atoms with Gasteiger partial charge in [0.2, 0.25) is 0 Å². The maximum atomic E-state index is 12.2. The minimum absolute atomic E-state index is 0.0162. The minimum atomic E-state index is -0.0469. The van der Waals surface area contributed by atoms with Crippen molar-refractivity contribution in [1.29, 1.82) is 0 Å². The van der Waals surface area contributed by atoms with Gasteiger partial charge in [-0.25, -0.2) is 9.97 Å². The molecule has 1 amide bonds. The Balaban J connectivity index is 1.42. The number of amides is 1. The largest absolute Gasteiger partial charge is 0.378 e. The molecule has 1 saturated heterocycles. The van der Waals surface area contributed by atoms with Gasteiger partial charge in [0, 0.05) is 42.4 Å². The summed E-state index contributed by atoms with van der Waals surface area (Å²) < 4.78 is 5.49. The number of carbonyl (C=O) groups excluding carboxylic acids is 1. The highest BCUT2D eigenvalue weighted by molar-refractivity contribution is 7.98. The average Bonchev–Trinajstić information content (AvgIpc) is 3.61. The molecule has 0 bridgehead atoms. The second-order valence-electron chi connectivity index (χ2n) is 9.38. The first-order chi connectivity index (χ1) is 14.9. The third kappa shape index (κ3) is 6.20. The van der Waals surface area contributed by atoms with Crippen LogP contribution in [0.2, 0.25) is 0 Å². The van der Waals surface area contributed by atoms with Crippen molar-refractivity contribution < 1.29 is 9.53 Å². The molecule has 1 saturated carbocycles. The van der Waals surface area contributed by atoms with Gasteiger partial charge in [-0.05, 0) is 36.5 Å². The second-order valence-corrected chi connectivity index (χ2v) is 10.3. The van der Waals surface area contributed by atoms with E-state index in [0.29, 0.717) is 5.92 Å². The van der Waals surface area contributed by atoms with E-state index < -0.39 is 0 Å². The fraction of sp³-hybridized carbons (Fsp3) is 0.542. The Morgan fingerprint density at radius 3 is 2.52 bits per heavy atom. The summed E-state index contributed by atoms with van der Waals surface area (Å²) >= 11 is 1.64. The summed E-state index contributed by atoms with van der Waals surface area (Å²) in [6, 6.07) is 9.98. The molecule has 1 aromatic carbocycles. The lowest BCUT2D eigenvalue weighted by molar-refractivity contribution is 0.0952. The lowest BCUT2D eigenvalue weighted by atomic mass is 9.92. The fourth-order valence-electron chi connectivity index (χ4n) is 3.38. The van der Waals surface area contributed by atoms with Crippen molar-refractivity contribution in [3.63, 3.8) is 0 Å². The zero-order chi connectivity index (χ0) is 21.8. The smallest absolute Gasteiger partial charge is 0.251 e. The maximum absolute atomic E-state index is 12.2. The van der Waals surface area contributed by atoms with Crippen LogP contribution >= 0.6 is 11.8 Å². The number of nitrogens with one attached hydrogen (secondary N) is 1. The molecule has 2 aliphatic rings. The van der Waals surface area contributed by atoms with Gasteiger partial charge in [-0.2, -0.15) is 0 Å². The molecule has 31 heavy (non-hydrogen) atoms. The summed E-state index contributed by atoms with van der Waals surface area (Å²) in [6.45, 7) is 10.5. The molecule has 0 radical (unpaired) electrons. The standard InChI is InChI=1S/C24H32N4O2S/c1-24(2,3)20-14-21(28-10-12-30-13-11-28)27-23(26-20)31-16-18-6-8-19(9-7-18)22(29)25-15-17-4-5-17/h6-9,14,17H,4-5,10-13,15-16H2,1-3H3,(H,25,29). The van der Waals surface area contributed by atoms with Crippen LogP contribution in [-0.4, -0.2) is 48.7 Å². The van der Waals surface area contributed by atoms with Crippen LogP contribution in [0.25, 0.3) is 0 Å². The number of aromatic nitrogens is 2. The van der Waals surface area contributed by atoms with Crippen LogP contribution in [0.3, 0.4) is 0 Å². The molecule has 0 atom stereocenters. The number of ether oxygens (including phenoxy) is 1. The number of thioether (sulfide) groups is 1. The van der Waals surface area contributed by atoms with Gasteiger partial charge in [0.05, 0.1) is 18.9 Å². The van der Waals surface area contributed by atoms with Crippen molar-refractivity contribution in [1.82, 2.24) is 15.3 Å². The van der Waals surface area contributed by atoms with Crippen LogP contribution in [-0.2, 0) is 15.9 Å². The zero-order valence-corrected chi connectivity index (χ0v) is 19.5. The van der Waals surface area contributed by atoms with Gasteiger partial charge in [0.15, 0.2) is 5.16 Å². The Bertz CT molecular complexity index is 901. The SMILES string of the molecule is CC(C)(C)c1cc(N2CCOCC2)nc(SCc2ccc(C(=O)NCC3CC3)cc2)n1. The Morgan fingerprint density at radius 2 is 1.87 bits per heavy atom. The van der Waals surface area contributed by atoms with Gasteiger partial charge < -0.3 is 15.0 Å². The van der Waals surface area contributed by atoms with Crippen molar-refractivity contribution in [3.05, 3.63) is 47.2 Å². The molecule has 1 aliphatic carbocycles. The Labute approximate surface area is 189 Å². The predicted octanol–water partition coefficient (Wildman–Crippen LogP) is 4.04. The van der Waals surface area contributed by atoms with Gasteiger partial charge in [-0.3, -0.25) is 4.79 Å². The first-order valence-electron chi connectivity index (χ1n) is 11.1. The van der Waals surface area contributed by atoms with Crippen molar-refractivity contribution in [2.24, 2.45) is 5.92 Å². The molecule has 1 aliphatic heterocycles. The van der Waals surface area contributed by atoms with E-state index in [0.717, 1.165) is 66.4 Å². The first kappa shape index (κ1) is 22.1. The Hall–Kier alpha value is -2.12. The molecular formula is C24H32N4O2S. The molecule has 166 valence electrons. The third-order valence-electron chi connectivity index (χ3n) is 5.63. The van der Waals surface area contributed by atoms with Crippen LogP contribution in [0.15, 0.2) is 35.5 Å². The van der Waals surface area contributed by atoms with Gasteiger partial charge in [-0.1, -0.05) is 44.7 Å². The van der Waals surface area contributed by atoms with E-state index in [-0.39, 0.29) is 11.3 Å². The lowest BCUT2D eigenvalue weighted by Crippen LogP contribution is -2.37. The van der Waals surface area contributed by atoms with E-state index in [2.05, 4.69) is 37.1 Å². The molecule has 2 fully saturated rings. The number of benzene rings is 1. The summed E-state index contributed by atoms with van der Waals surface area (Å²) in [6.07, 6.45) is 2.48. The van der Waals surface area contributed by atoms with Gasteiger partial charge >= 0.3 is 0 Å². The van der Waals surface area contributed by atoms with Crippen molar-refractivity contribution in [2.45, 2.75) is 49.9 Å². The van der Waals surface area contributed by atoms with Crippen molar-refractivity contribution >= 4 is 23.5 Å². The Morgan fingerprint density at radius 1 is 1.16 bits per heavy atom. The van der Waals surface area contributed by atoms with Gasteiger partial charge in [-0.15, -0.1) is 0 Å². The number of anilines is 1. The van der Waals surface area contributed by atoms with E-state index in [4.69, 9.17) is 14.7 Å². The van der Waals surface area contributed by atoms with E-state index >= 15 is 0 Å². The van der Waals surface area contributed by atoms with E-state index in [1.54, 1.807) is 11.8 Å².